The molecule has 0 unspecified atom stereocenters. The van der Waals surface area contributed by atoms with Crippen LogP contribution < -0.4 is 9.47 Å². The number of fused-ring (bicyclic) bond motifs is 1. The van der Waals surface area contributed by atoms with Gasteiger partial charge in [0, 0.05) is 38.9 Å². The third kappa shape index (κ3) is 4.19. The summed E-state index contributed by atoms with van der Waals surface area (Å²) in [5.74, 6) is 1.46. The number of amides is 1. The molecule has 3 heterocycles. The zero-order chi connectivity index (χ0) is 20.2. The van der Waals surface area contributed by atoms with E-state index in [2.05, 4.69) is 14.3 Å². The molecule has 1 aliphatic heterocycles. The van der Waals surface area contributed by atoms with Gasteiger partial charge in [-0.1, -0.05) is 12.1 Å². The molecule has 7 nitrogen and oxygen atoms in total. The lowest BCUT2D eigenvalue weighted by atomic mass is 10.1. The quantitative estimate of drug-likeness (QED) is 0.642. The molecule has 1 fully saturated rings. The molecule has 0 N–H and O–H groups in total. The zero-order valence-electron chi connectivity index (χ0n) is 16.9. The maximum Gasteiger partial charge on any atom is 0.227 e. The second-order valence-electron chi connectivity index (χ2n) is 7.20. The van der Waals surface area contributed by atoms with Crippen LogP contribution in [-0.2, 0) is 17.8 Å². The first-order valence-electron chi connectivity index (χ1n) is 9.80. The topological polar surface area (TPSA) is 59.3 Å². The Kier molecular flexibility index (Phi) is 5.67. The van der Waals surface area contributed by atoms with Gasteiger partial charge in [-0.25, -0.2) is 4.98 Å². The van der Waals surface area contributed by atoms with Crippen LogP contribution in [0.3, 0.4) is 0 Å². The molecule has 1 saturated heterocycles. The number of aromatic nitrogens is 2. The van der Waals surface area contributed by atoms with E-state index in [0.29, 0.717) is 17.9 Å². The number of imidazole rings is 1. The number of pyridine rings is 1. The van der Waals surface area contributed by atoms with Crippen molar-refractivity contribution in [3.63, 3.8) is 0 Å². The number of rotatable bonds is 6. The van der Waals surface area contributed by atoms with Gasteiger partial charge in [-0.3, -0.25) is 9.69 Å². The van der Waals surface area contributed by atoms with Crippen LogP contribution in [-0.4, -0.2) is 65.5 Å². The van der Waals surface area contributed by atoms with Gasteiger partial charge in [-0.2, -0.15) is 0 Å². The Morgan fingerprint density at radius 2 is 1.83 bits per heavy atom. The van der Waals surface area contributed by atoms with Crippen LogP contribution in [0.15, 0.2) is 48.8 Å². The maximum atomic E-state index is 12.7. The van der Waals surface area contributed by atoms with Gasteiger partial charge in [0.25, 0.3) is 0 Å². The molecule has 0 atom stereocenters. The number of methoxy groups -OCH3 is 2. The average Bonchev–Trinajstić information content (AvgIpc) is 3.17. The number of nitrogens with zero attached hydrogens (tertiary/aromatic N) is 4. The number of piperazine rings is 1. The highest BCUT2D eigenvalue weighted by molar-refractivity contribution is 5.79. The van der Waals surface area contributed by atoms with Gasteiger partial charge in [-0.05, 0) is 29.8 Å². The third-order valence-corrected chi connectivity index (χ3v) is 5.41. The molecule has 1 aliphatic rings. The summed E-state index contributed by atoms with van der Waals surface area (Å²) in [4.78, 5) is 21.5. The molecular weight excluding hydrogens is 368 g/mol. The van der Waals surface area contributed by atoms with E-state index in [0.717, 1.165) is 43.9 Å². The van der Waals surface area contributed by atoms with E-state index in [-0.39, 0.29) is 5.91 Å². The minimum atomic E-state index is 0.145. The van der Waals surface area contributed by atoms with Crippen LogP contribution in [0.25, 0.3) is 5.65 Å². The van der Waals surface area contributed by atoms with Crippen LogP contribution >= 0.6 is 0 Å². The fraction of sp³-hybridized carbons (Fsp3) is 0.364. The molecule has 0 bridgehead atoms. The van der Waals surface area contributed by atoms with E-state index in [1.165, 1.54) is 5.69 Å². The lowest BCUT2D eigenvalue weighted by Gasteiger charge is -2.34. The van der Waals surface area contributed by atoms with Crippen molar-refractivity contribution in [2.75, 3.05) is 40.4 Å². The summed E-state index contributed by atoms with van der Waals surface area (Å²) in [6.07, 6.45) is 4.35. The standard InChI is InChI=1S/C22H26N4O3/c1-28-19-7-6-17(13-20(19)29-2)14-22(27)25-11-9-24(10-12-25)16-18-15-23-21-5-3-4-8-26(18)21/h3-8,13,15H,9-12,14,16H2,1-2H3. The highest BCUT2D eigenvalue weighted by atomic mass is 16.5. The van der Waals surface area contributed by atoms with Gasteiger partial charge < -0.3 is 18.8 Å². The van der Waals surface area contributed by atoms with Gasteiger partial charge in [0.1, 0.15) is 5.65 Å². The molecule has 0 aliphatic carbocycles. The van der Waals surface area contributed by atoms with Crippen LogP contribution in [0, 0.1) is 0 Å². The molecule has 152 valence electrons. The number of carbonyl (C=O) groups is 1. The lowest BCUT2D eigenvalue weighted by molar-refractivity contribution is -0.132. The lowest BCUT2D eigenvalue weighted by Crippen LogP contribution is -2.48. The summed E-state index contributed by atoms with van der Waals surface area (Å²) in [5, 5.41) is 0. The van der Waals surface area contributed by atoms with Crippen LogP contribution in [0.4, 0.5) is 0 Å². The average molecular weight is 394 g/mol. The highest BCUT2D eigenvalue weighted by Crippen LogP contribution is 2.28. The van der Waals surface area contributed by atoms with Gasteiger partial charge in [0.15, 0.2) is 11.5 Å². The maximum absolute atomic E-state index is 12.7. The smallest absolute Gasteiger partial charge is 0.227 e. The number of benzene rings is 1. The summed E-state index contributed by atoms with van der Waals surface area (Å²) in [6.45, 7) is 4.03. The zero-order valence-corrected chi connectivity index (χ0v) is 16.9. The first-order chi connectivity index (χ1) is 14.2. The second kappa shape index (κ2) is 8.53. The number of carbonyl (C=O) groups excluding carboxylic acids is 1. The van der Waals surface area contributed by atoms with Gasteiger partial charge in [0.2, 0.25) is 5.91 Å². The van der Waals surface area contributed by atoms with Crippen LogP contribution in [0.2, 0.25) is 0 Å². The van der Waals surface area contributed by atoms with Crippen molar-refractivity contribution in [2.24, 2.45) is 0 Å². The summed E-state index contributed by atoms with van der Waals surface area (Å²) in [5.41, 5.74) is 3.07. The predicted molar refractivity (Wildman–Crippen MR) is 110 cm³/mol. The Morgan fingerprint density at radius 1 is 1.03 bits per heavy atom. The molecule has 0 saturated carbocycles. The molecule has 0 spiro atoms. The molecule has 7 heteroatoms. The summed E-state index contributed by atoms with van der Waals surface area (Å²) < 4.78 is 12.7. The van der Waals surface area contributed by atoms with Crippen LogP contribution in [0.5, 0.6) is 11.5 Å². The molecule has 1 amide bonds. The monoisotopic (exact) mass is 394 g/mol. The Balaban J connectivity index is 1.33. The Bertz CT molecular complexity index is 993. The minimum Gasteiger partial charge on any atom is -0.493 e. The van der Waals surface area contributed by atoms with Crippen molar-refractivity contribution in [1.29, 1.82) is 0 Å². The Labute approximate surface area is 170 Å². The number of hydrogen-bond donors (Lipinski definition) is 0. The molecule has 2 aromatic heterocycles. The van der Waals surface area contributed by atoms with Gasteiger partial charge >= 0.3 is 0 Å². The third-order valence-electron chi connectivity index (χ3n) is 5.41. The SMILES string of the molecule is COc1ccc(CC(=O)N2CCN(Cc3cnc4ccccn34)CC2)cc1OC. The largest absolute Gasteiger partial charge is 0.493 e. The van der Waals surface area contributed by atoms with Gasteiger partial charge in [0.05, 0.1) is 32.5 Å². The van der Waals surface area contributed by atoms with Crippen molar-refractivity contribution in [3.8, 4) is 11.5 Å². The van der Waals surface area contributed by atoms with Crippen molar-refractivity contribution in [2.45, 2.75) is 13.0 Å². The molecular formula is C22H26N4O3. The first-order valence-corrected chi connectivity index (χ1v) is 9.80. The fourth-order valence-corrected chi connectivity index (χ4v) is 3.76. The predicted octanol–water partition coefficient (Wildman–Crippen LogP) is 2.24. The van der Waals surface area contributed by atoms with Crippen molar-refractivity contribution in [1.82, 2.24) is 19.2 Å². The Morgan fingerprint density at radius 3 is 2.59 bits per heavy atom. The van der Waals surface area contributed by atoms with E-state index in [1.807, 2.05) is 53.7 Å². The first kappa shape index (κ1) is 19.3. The molecule has 4 rings (SSSR count). The van der Waals surface area contributed by atoms with Gasteiger partial charge in [-0.15, -0.1) is 0 Å². The molecule has 0 radical (unpaired) electrons. The number of ether oxygens (including phenoxy) is 2. The van der Waals surface area contributed by atoms with Crippen molar-refractivity contribution < 1.29 is 14.3 Å². The molecule has 3 aromatic rings. The van der Waals surface area contributed by atoms with E-state index in [9.17, 15) is 4.79 Å². The number of hydrogen-bond acceptors (Lipinski definition) is 5. The fourth-order valence-electron chi connectivity index (χ4n) is 3.76. The van der Waals surface area contributed by atoms with Crippen LogP contribution in [0.1, 0.15) is 11.3 Å². The van der Waals surface area contributed by atoms with Crippen molar-refractivity contribution >= 4 is 11.6 Å². The van der Waals surface area contributed by atoms with E-state index in [1.54, 1.807) is 14.2 Å². The highest BCUT2D eigenvalue weighted by Gasteiger charge is 2.22. The van der Waals surface area contributed by atoms with E-state index >= 15 is 0 Å². The van der Waals surface area contributed by atoms with E-state index < -0.39 is 0 Å². The second-order valence-corrected chi connectivity index (χ2v) is 7.20. The summed E-state index contributed by atoms with van der Waals surface area (Å²) in [6, 6.07) is 11.7. The minimum absolute atomic E-state index is 0.145. The summed E-state index contributed by atoms with van der Waals surface area (Å²) in [7, 11) is 3.21. The molecule has 29 heavy (non-hydrogen) atoms. The Hall–Kier alpha value is -3.06. The summed E-state index contributed by atoms with van der Waals surface area (Å²) >= 11 is 0. The molecule has 1 aromatic carbocycles. The normalized spacial score (nSPS) is 14.9. The van der Waals surface area contributed by atoms with E-state index in [4.69, 9.17) is 9.47 Å². The van der Waals surface area contributed by atoms with Crippen molar-refractivity contribution in [3.05, 3.63) is 60.0 Å².